The van der Waals surface area contributed by atoms with Gasteiger partial charge in [0, 0.05) is 5.69 Å². The Kier molecular flexibility index (Phi) is 3.60. The van der Waals surface area contributed by atoms with Crippen LogP contribution in [0.4, 0.5) is 10.1 Å². The third kappa shape index (κ3) is 2.97. The first-order chi connectivity index (χ1) is 10.6. The molecule has 0 aliphatic heterocycles. The number of nitrogens with one attached hydrogen (secondary N) is 2. The number of benzene rings is 1. The Labute approximate surface area is 123 Å². The molecule has 0 bridgehead atoms. The Morgan fingerprint density at radius 2 is 2.32 bits per heavy atom. The van der Waals surface area contributed by atoms with Gasteiger partial charge in [0.2, 0.25) is 17.6 Å². The maximum atomic E-state index is 13.8. The molecule has 2 aromatic heterocycles. The van der Waals surface area contributed by atoms with E-state index < -0.39 is 5.82 Å². The average Bonchev–Trinajstić information content (AvgIpc) is 3.13. The molecule has 0 atom stereocenters. The van der Waals surface area contributed by atoms with Gasteiger partial charge in [-0.2, -0.15) is 5.21 Å². The molecule has 22 heavy (non-hydrogen) atoms. The zero-order valence-electron chi connectivity index (χ0n) is 11.5. The van der Waals surface area contributed by atoms with Gasteiger partial charge in [-0.3, -0.25) is 4.79 Å². The number of aromatic nitrogens is 5. The molecule has 2 N–H and O–H groups in total. The fourth-order valence-corrected chi connectivity index (χ4v) is 1.88. The number of nitrogens with zero attached hydrogens (tertiary/aromatic N) is 4. The van der Waals surface area contributed by atoms with E-state index in [0.717, 1.165) is 0 Å². The van der Waals surface area contributed by atoms with Crippen LogP contribution in [0.3, 0.4) is 0 Å². The van der Waals surface area contributed by atoms with E-state index in [1.807, 2.05) is 0 Å². The first-order valence-electron chi connectivity index (χ1n) is 6.36. The van der Waals surface area contributed by atoms with E-state index in [4.69, 9.17) is 4.42 Å². The van der Waals surface area contributed by atoms with Crippen LogP contribution in [0.5, 0.6) is 0 Å². The largest absolute Gasteiger partial charge is 0.445 e. The Morgan fingerprint density at radius 1 is 1.45 bits per heavy atom. The van der Waals surface area contributed by atoms with E-state index in [9.17, 15) is 9.18 Å². The van der Waals surface area contributed by atoms with Crippen molar-refractivity contribution in [2.45, 2.75) is 13.3 Å². The fourth-order valence-electron chi connectivity index (χ4n) is 1.88. The predicted molar refractivity (Wildman–Crippen MR) is 73.1 cm³/mol. The highest BCUT2D eigenvalue weighted by Crippen LogP contribution is 2.22. The van der Waals surface area contributed by atoms with Gasteiger partial charge in [-0.1, -0.05) is 0 Å². The van der Waals surface area contributed by atoms with E-state index in [-0.39, 0.29) is 23.7 Å². The number of carbonyl (C=O) groups is 1. The van der Waals surface area contributed by atoms with Gasteiger partial charge in [-0.05, 0) is 30.3 Å². The summed E-state index contributed by atoms with van der Waals surface area (Å²) in [4.78, 5) is 15.9. The lowest BCUT2D eigenvalue weighted by Gasteiger charge is -2.06. The molecule has 0 aliphatic carbocycles. The summed E-state index contributed by atoms with van der Waals surface area (Å²) in [6, 6.07) is 4.09. The maximum Gasteiger partial charge on any atom is 0.233 e. The molecule has 0 radical (unpaired) electrons. The molecule has 8 nitrogen and oxygen atoms in total. The highest BCUT2D eigenvalue weighted by molar-refractivity contribution is 5.92. The fraction of sp³-hybridized carbons (Fsp3) is 0.154. The third-order valence-electron chi connectivity index (χ3n) is 2.82. The number of tetrazole rings is 1. The van der Waals surface area contributed by atoms with Crippen molar-refractivity contribution in [1.29, 1.82) is 0 Å². The van der Waals surface area contributed by atoms with Crippen molar-refractivity contribution in [1.82, 2.24) is 25.6 Å². The summed E-state index contributed by atoms with van der Waals surface area (Å²) in [6.07, 6.45) is 1.53. The standard InChI is InChI=1S/C13H11FN6O2/c1-7-6-15-12(22-7)5-11(21)16-8-2-3-10(14)9(4-8)13-17-19-20-18-13/h2-4,6H,5H2,1H3,(H,16,21)(H,17,18,19,20). The van der Waals surface area contributed by atoms with Crippen molar-refractivity contribution in [2.24, 2.45) is 0 Å². The van der Waals surface area contributed by atoms with E-state index in [2.05, 4.69) is 30.9 Å². The number of anilines is 1. The zero-order chi connectivity index (χ0) is 15.5. The molecule has 0 unspecified atom stereocenters. The van der Waals surface area contributed by atoms with E-state index >= 15 is 0 Å². The van der Waals surface area contributed by atoms with Crippen LogP contribution in [0.15, 0.2) is 28.8 Å². The molecule has 3 aromatic rings. The van der Waals surface area contributed by atoms with Gasteiger partial charge in [0.15, 0.2) is 0 Å². The van der Waals surface area contributed by atoms with Crippen LogP contribution in [-0.2, 0) is 11.2 Å². The van der Waals surface area contributed by atoms with Gasteiger partial charge in [0.1, 0.15) is 18.0 Å². The molecule has 0 saturated heterocycles. The van der Waals surface area contributed by atoms with Crippen molar-refractivity contribution >= 4 is 11.6 Å². The first kappa shape index (κ1) is 13.9. The molecular weight excluding hydrogens is 291 g/mol. The third-order valence-corrected chi connectivity index (χ3v) is 2.82. The number of carbonyl (C=O) groups excluding carboxylic acids is 1. The molecule has 0 fully saturated rings. The van der Waals surface area contributed by atoms with E-state index in [1.54, 1.807) is 6.92 Å². The highest BCUT2D eigenvalue weighted by atomic mass is 19.1. The maximum absolute atomic E-state index is 13.8. The lowest BCUT2D eigenvalue weighted by Crippen LogP contribution is -2.14. The molecule has 3 rings (SSSR count). The number of hydrogen-bond donors (Lipinski definition) is 2. The van der Waals surface area contributed by atoms with Crippen LogP contribution in [0.25, 0.3) is 11.4 Å². The van der Waals surface area contributed by atoms with Gasteiger partial charge >= 0.3 is 0 Å². The van der Waals surface area contributed by atoms with Crippen LogP contribution in [0.2, 0.25) is 0 Å². The normalized spacial score (nSPS) is 10.6. The highest BCUT2D eigenvalue weighted by Gasteiger charge is 2.13. The van der Waals surface area contributed by atoms with Crippen molar-refractivity contribution in [2.75, 3.05) is 5.32 Å². The van der Waals surface area contributed by atoms with Crippen LogP contribution in [0, 0.1) is 12.7 Å². The molecular formula is C13H11FN6O2. The Hall–Kier alpha value is -3.10. The average molecular weight is 302 g/mol. The van der Waals surface area contributed by atoms with Crippen molar-refractivity contribution in [3.8, 4) is 11.4 Å². The minimum absolute atomic E-state index is 0.0112. The van der Waals surface area contributed by atoms with Crippen molar-refractivity contribution < 1.29 is 13.6 Å². The Bertz CT molecular complexity index is 799. The molecule has 0 saturated carbocycles. The van der Waals surface area contributed by atoms with Crippen LogP contribution in [-0.4, -0.2) is 31.5 Å². The lowest BCUT2D eigenvalue weighted by atomic mass is 10.1. The van der Waals surface area contributed by atoms with Crippen LogP contribution >= 0.6 is 0 Å². The molecule has 0 aliphatic rings. The zero-order valence-corrected chi connectivity index (χ0v) is 11.5. The molecule has 112 valence electrons. The number of halogens is 1. The van der Waals surface area contributed by atoms with Crippen molar-refractivity contribution in [3.05, 3.63) is 41.9 Å². The summed E-state index contributed by atoms with van der Waals surface area (Å²) in [7, 11) is 0. The van der Waals surface area contributed by atoms with Gasteiger partial charge in [-0.25, -0.2) is 9.37 Å². The summed E-state index contributed by atoms with van der Waals surface area (Å²) in [6.45, 7) is 1.74. The lowest BCUT2D eigenvalue weighted by molar-refractivity contribution is -0.115. The van der Waals surface area contributed by atoms with Gasteiger partial charge < -0.3 is 9.73 Å². The second-order valence-electron chi connectivity index (χ2n) is 4.52. The Morgan fingerprint density at radius 3 is 3.00 bits per heavy atom. The number of aryl methyl sites for hydroxylation is 1. The second-order valence-corrected chi connectivity index (χ2v) is 4.52. The van der Waals surface area contributed by atoms with E-state index in [0.29, 0.717) is 17.3 Å². The van der Waals surface area contributed by atoms with E-state index in [1.165, 1.54) is 24.4 Å². The number of rotatable bonds is 4. The summed E-state index contributed by atoms with van der Waals surface area (Å²) in [5.41, 5.74) is 0.549. The van der Waals surface area contributed by atoms with Crippen LogP contribution in [0.1, 0.15) is 11.7 Å². The first-order valence-corrected chi connectivity index (χ1v) is 6.36. The minimum atomic E-state index is -0.511. The number of hydrogen-bond acceptors (Lipinski definition) is 6. The SMILES string of the molecule is Cc1cnc(CC(=O)Nc2ccc(F)c(-c3nn[nH]n3)c2)o1. The topological polar surface area (TPSA) is 110 Å². The molecule has 9 heteroatoms. The summed E-state index contributed by atoms with van der Waals surface area (Å²) in [5, 5.41) is 15.7. The second kappa shape index (κ2) is 5.72. The minimum Gasteiger partial charge on any atom is -0.445 e. The molecule has 1 aromatic carbocycles. The molecule has 1 amide bonds. The number of amides is 1. The summed E-state index contributed by atoms with van der Waals surface area (Å²) < 4.78 is 19.0. The number of aromatic amines is 1. The van der Waals surface area contributed by atoms with Gasteiger partial charge in [-0.15, -0.1) is 10.2 Å². The number of H-pyrrole nitrogens is 1. The Balaban J connectivity index is 1.75. The van der Waals surface area contributed by atoms with Gasteiger partial charge in [0.05, 0.1) is 11.8 Å². The monoisotopic (exact) mass is 302 g/mol. The van der Waals surface area contributed by atoms with Gasteiger partial charge in [0.25, 0.3) is 0 Å². The quantitative estimate of drug-likeness (QED) is 0.755. The predicted octanol–water partition coefficient (Wildman–Crippen LogP) is 1.48. The molecule has 2 heterocycles. The van der Waals surface area contributed by atoms with Crippen LogP contribution < -0.4 is 5.32 Å². The smallest absolute Gasteiger partial charge is 0.233 e. The van der Waals surface area contributed by atoms with Crippen molar-refractivity contribution in [3.63, 3.8) is 0 Å². The molecule has 0 spiro atoms. The summed E-state index contributed by atoms with van der Waals surface area (Å²) in [5.74, 6) is 0.214. The summed E-state index contributed by atoms with van der Waals surface area (Å²) >= 11 is 0. The number of oxazole rings is 1.